The molecule has 0 aliphatic rings. The van der Waals surface area contributed by atoms with Gasteiger partial charge < -0.3 is 14.0 Å². The van der Waals surface area contributed by atoms with E-state index in [0.29, 0.717) is 17.1 Å². The number of rotatable bonds is 7. The van der Waals surface area contributed by atoms with Crippen LogP contribution in [0.1, 0.15) is 17.4 Å². The van der Waals surface area contributed by atoms with E-state index < -0.39 is 33.1 Å². The van der Waals surface area contributed by atoms with E-state index >= 15 is 0 Å². The molecule has 2 aromatic carbocycles. The molecule has 1 atom stereocenters. The maximum absolute atomic E-state index is 13.1. The minimum absolute atomic E-state index is 0.334. The molecule has 160 valence electrons. The van der Waals surface area contributed by atoms with Gasteiger partial charge in [-0.1, -0.05) is 24.3 Å². The number of imidazole rings is 1. The smallest absolute Gasteiger partial charge is 0.497 e. The summed E-state index contributed by atoms with van der Waals surface area (Å²) >= 11 is 0. The Hall–Kier alpha value is -3.05. The van der Waals surface area contributed by atoms with E-state index in [-0.39, 0.29) is 0 Å². The summed E-state index contributed by atoms with van der Waals surface area (Å²) < 4.78 is 77.4. The molecule has 7 nitrogen and oxygen atoms in total. The normalized spacial score (nSPS) is 13.1. The van der Waals surface area contributed by atoms with Crippen LogP contribution in [-0.2, 0) is 17.1 Å². The topological polar surface area (TPSA) is 82.4 Å². The van der Waals surface area contributed by atoms with Crippen molar-refractivity contribution in [1.82, 2.24) is 14.3 Å². The van der Waals surface area contributed by atoms with Crippen molar-refractivity contribution in [2.45, 2.75) is 17.3 Å². The van der Waals surface area contributed by atoms with Gasteiger partial charge in [0.05, 0.1) is 7.11 Å². The van der Waals surface area contributed by atoms with E-state index in [1.54, 1.807) is 42.1 Å². The molecule has 0 fully saturated rings. The highest BCUT2D eigenvalue weighted by Crippen LogP contribution is 2.32. The summed E-state index contributed by atoms with van der Waals surface area (Å²) in [5.41, 5.74) is 0.487. The highest BCUT2D eigenvalue weighted by atomic mass is 32.2. The van der Waals surface area contributed by atoms with Crippen molar-refractivity contribution in [1.29, 1.82) is 0 Å². The lowest BCUT2D eigenvalue weighted by atomic mass is 10.1. The number of aromatic nitrogens is 2. The summed E-state index contributed by atoms with van der Waals surface area (Å²) in [6.45, 7) is 0. The summed E-state index contributed by atoms with van der Waals surface area (Å²) in [6.07, 6.45) is -1.94. The molecular formula is C19H18F3N3O4S. The largest absolute Gasteiger partial charge is 0.573 e. The molecule has 30 heavy (non-hydrogen) atoms. The van der Waals surface area contributed by atoms with Gasteiger partial charge in [0.15, 0.2) is 0 Å². The molecule has 11 heteroatoms. The van der Waals surface area contributed by atoms with E-state index in [4.69, 9.17) is 4.74 Å². The number of ether oxygens (including phenoxy) is 2. The molecule has 0 amide bonds. The summed E-state index contributed by atoms with van der Waals surface area (Å²) in [6, 6.07) is 10.1. The fourth-order valence-electron chi connectivity index (χ4n) is 2.85. The number of aryl methyl sites for hydroxylation is 1. The predicted octanol–water partition coefficient (Wildman–Crippen LogP) is 3.40. The van der Waals surface area contributed by atoms with Crippen molar-refractivity contribution in [3.05, 3.63) is 72.3 Å². The standard InChI is InChI=1S/C19H18F3N3O4S/c1-25-11-10-23-18(25)17(13-6-5-7-14(12-13)28-2)24-30(26,27)16-9-4-3-8-15(16)29-19(20,21)22/h3-12,17,24H,1-2H3. The fraction of sp³-hybridized carbons (Fsp3) is 0.211. The number of hydrogen-bond donors (Lipinski definition) is 1. The zero-order chi connectivity index (χ0) is 21.9. The first-order chi connectivity index (χ1) is 14.1. The van der Waals surface area contributed by atoms with Crippen molar-refractivity contribution in [2.75, 3.05) is 7.11 Å². The Balaban J connectivity index is 2.06. The molecule has 0 radical (unpaired) electrons. The monoisotopic (exact) mass is 441 g/mol. The van der Waals surface area contributed by atoms with Crippen LogP contribution >= 0.6 is 0 Å². The van der Waals surface area contributed by atoms with Gasteiger partial charge in [-0.05, 0) is 29.8 Å². The number of benzene rings is 2. The third-order valence-electron chi connectivity index (χ3n) is 4.18. The van der Waals surface area contributed by atoms with E-state index in [1.807, 2.05) is 0 Å². The van der Waals surface area contributed by atoms with E-state index in [2.05, 4.69) is 14.4 Å². The SMILES string of the molecule is COc1cccc(C(NS(=O)(=O)c2ccccc2OC(F)(F)F)c2nccn2C)c1. The lowest BCUT2D eigenvalue weighted by molar-refractivity contribution is -0.275. The Morgan fingerprint density at radius 1 is 1.13 bits per heavy atom. The number of methoxy groups -OCH3 is 1. The highest BCUT2D eigenvalue weighted by Gasteiger charge is 2.35. The number of hydrogen-bond acceptors (Lipinski definition) is 5. The van der Waals surface area contributed by atoms with Crippen molar-refractivity contribution in [3.63, 3.8) is 0 Å². The number of sulfonamides is 1. The van der Waals surface area contributed by atoms with Crippen LogP contribution in [0.25, 0.3) is 0 Å². The zero-order valence-electron chi connectivity index (χ0n) is 15.9. The molecule has 1 heterocycles. The third kappa shape index (κ3) is 4.92. The Kier molecular flexibility index (Phi) is 6.04. The molecule has 0 saturated carbocycles. The first-order valence-corrected chi connectivity index (χ1v) is 10.1. The zero-order valence-corrected chi connectivity index (χ0v) is 16.7. The lowest BCUT2D eigenvalue weighted by Gasteiger charge is -2.21. The molecule has 0 aliphatic heterocycles. The second-order valence-electron chi connectivity index (χ2n) is 6.22. The van der Waals surface area contributed by atoms with Gasteiger partial charge in [0, 0.05) is 19.4 Å². The van der Waals surface area contributed by atoms with Crippen LogP contribution in [0.2, 0.25) is 0 Å². The predicted molar refractivity (Wildman–Crippen MR) is 101 cm³/mol. The number of nitrogens with one attached hydrogen (secondary N) is 1. The van der Waals surface area contributed by atoms with Crippen LogP contribution in [0.15, 0.2) is 65.8 Å². The first-order valence-electron chi connectivity index (χ1n) is 8.59. The molecular weight excluding hydrogens is 423 g/mol. The Labute approximate surface area is 171 Å². The molecule has 1 unspecified atom stereocenters. The van der Waals surface area contributed by atoms with E-state index in [1.165, 1.54) is 25.4 Å². The maximum atomic E-state index is 13.1. The Morgan fingerprint density at radius 3 is 2.50 bits per heavy atom. The van der Waals surface area contributed by atoms with Gasteiger partial charge in [-0.25, -0.2) is 13.4 Å². The van der Waals surface area contributed by atoms with Gasteiger partial charge in [-0.2, -0.15) is 4.72 Å². The number of halogens is 3. The first kappa shape index (κ1) is 21.7. The van der Waals surface area contributed by atoms with Gasteiger partial charge in [-0.3, -0.25) is 0 Å². The van der Waals surface area contributed by atoms with Crippen molar-refractivity contribution in [2.24, 2.45) is 7.05 Å². The summed E-state index contributed by atoms with van der Waals surface area (Å²) in [5, 5.41) is 0. The maximum Gasteiger partial charge on any atom is 0.573 e. The Morgan fingerprint density at radius 2 is 1.87 bits per heavy atom. The molecule has 3 aromatic rings. The van der Waals surface area contributed by atoms with Crippen molar-refractivity contribution < 1.29 is 31.1 Å². The molecule has 1 N–H and O–H groups in total. The van der Waals surface area contributed by atoms with E-state index in [0.717, 1.165) is 12.1 Å². The van der Waals surface area contributed by atoms with Gasteiger partial charge >= 0.3 is 6.36 Å². The average Bonchev–Trinajstić information content (AvgIpc) is 3.11. The van der Waals surface area contributed by atoms with Gasteiger partial charge in [0.1, 0.15) is 28.3 Å². The highest BCUT2D eigenvalue weighted by molar-refractivity contribution is 7.89. The molecule has 1 aromatic heterocycles. The minimum Gasteiger partial charge on any atom is -0.497 e. The Bertz CT molecular complexity index is 1130. The second kappa shape index (κ2) is 8.36. The van der Waals surface area contributed by atoms with Crippen molar-refractivity contribution >= 4 is 10.0 Å². The fourth-order valence-corrected chi connectivity index (χ4v) is 4.16. The molecule has 0 aliphatic carbocycles. The van der Waals surface area contributed by atoms with Gasteiger partial charge in [-0.15, -0.1) is 13.2 Å². The quantitative estimate of drug-likeness (QED) is 0.608. The lowest BCUT2D eigenvalue weighted by Crippen LogP contribution is -2.32. The van der Waals surface area contributed by atoms with Crippen LogP contribution in [-0.4, -0.2) is 31.4 Å². The van der Waals surface area contributed by atoms with E-state index in [9.17, 15) is 21.6 Å². The van der Waals surface area contributed by atoms with Crippen LogP contribution in [0.3, 0.4) is 0 Å². The van der Waals surface area contributed by atoms with Crippen LogP contribution in [0.4, 0.5) is 13.2 Å². The minimum atomic E-state index is -5.04. The molecule has 0 bridgehead atoms. The van der Waals surface area contributed by atoms with Gasteiger partial charge in [0.25, 0.3) is 0 Å². The van der Waals surface area contributed by atoms with Crippen LogP contribution in [0.5, 0.6) is 11.5 Å². The average molecular weight is 441 g/mol. The number of nitrogens with zero attached hydrogens (tertiary/aromatic N) is 2. The molecule has 3 rings (SSSR count). The van der Waals surface area contributed by atoms with Crippen LogP contribution < -0.4 is 14.2 Å². The number of alkyl halides is 3. The summed E-state index contributed by atoms with van der Waals surface area (Å²) in [4.78, 5) is 3.54. The third-order valence-corrected chi connectivity index (χ3v) is 5.64. The second-order valence-corrected chi connectivity index (χ2v) is 7.90. The van der Waals surface area contributed by atoms with Crippen molar-refractivity contribution in [3.8, 4) is 11.5 Å². The molecule has 0 saturated heterocycles. The summed E-state index contributed by atoms with van der Waals surface area (Å²) in [5.74, 6) is -0.0190. The number of para-hydroxylation sites is 1. The van der Waals surface area contributed by atoms with Crippen LogP contribution in [0, 0.1) is 0 Å². The van der Waals surface area contributed by atoms with Gasteiger partial charge in [0.2, 0.25) is 10.0 Å². The molecule has 0 spiro atoms. The summed E-state index contributed by atoms with van der Waals surface area (Å²) in [7, 11) is -1.31.